The Morgan fingerprint density at radius 2 is 2.29 bits per heavy atom. The van der Waals surface area contributed by atoms with Gasteiger partial charge in [0, 0.05) is 0 Å². The Bertz CT molecular complexity index is 48.1. The van der Waals surface area contributed by atoms with E-state index in [-0.39, 0.29) is 0 Å². The average Bonchev–Trinajstić information content (AvgIpc) is 1.61. The minimum atomic E-state index is 0.295. The fraction of sp³-hybridized carbons (Fsp3) is 0.667. The van der Waals surface area contributed by atoms with Crippen molar-refractivity contribution in [3.63, 3.8) is 0 Å². The molecule has 0 heterocycles. The summed E-state index contributed by atoms with van der Waals surface area (Å²) >= 11 is 0.295. The number of allylic oxidation sites excluding steroid dienone is 1. The summed E-state index contributed by atoms with van der Waals surface area (Å²) in [6, 6.07) is 0. The average molecular weight is 212 g/mol. The van der Waals surface area contributed by atoms with Crippen LogP contribution in [0, 0.1) is 0 Å². The topological polar surface area (TPSA) is 0 Å². The van der Waals surface area contributed by atoms with Gasteiger partial charge in [-0.15, -0.1) is 0 Å². The molecule has 1 heteroatoms. The zero-order chi connectivity index (χ0) is 5.70. The molecule has 0 saturated carbocycles. The molecule has 0 radical (unpaired) electrons. The van der Waals surface area contributed by atoms with Gasteiger partial charge in [-0.3, -0.25) is 0 Å². The summed E-state index contributed by atoms with van der Waals surface area (Å²) in [6.07, 6.45) is 2.03. The predicted octanol–water partition coefficient (Wildman–Crippen LogP) is 2.12. The van der Waals surface area contributed by atoms with Crippen LogP contribution in [0.5, 0.6) is 0 Å². The van der Waals surface area contributed by atoms with Gasteiger partial charge in [0.15, 0.2) is 0 Å². The van der Waals surface area contributed by atoms with Crippen molar-refractivity contribution in [1.82, 2.24) is 0 Å². The minimum absolute atomic E-state index is 0.295. The summed E-state index contributed by atoms with van der Waals surface area (Å²) in [7, 11) is 0. The van der Waals surface area contributed by atoms with Crippen LogP contribution in [-0.2, 0) is 0 Å². The molecule has 0 rings (SSSR count). The molecule has 0 fully saturated rings. The molecule has 0 aliphatic carbocycles. The molecular formula is C6H12Te. The van der Waals surface area contributed by atoms with Crippen molar-refractivity contribution in [3.05, 3.63) is 12.7 Å². The van der Waals surface area contributed by atoms with Crippen molar-refractivity contribution in [2.45, 2.75) is 22.3 Å². The van der Waals surface area contributed by atoms with Crippen LogP contribution in [0.1, 0.15) is 13.8 Å². The predicted molar refractivity (Wildman–Crippen MR) is 35.9 cm³/mol. The first-order valence-electron chi connectivity index (χ1n) is 2.50. The van der Waals surface area contributed by atoms with E-state index in [9.17, 15) is 0 Å². The molecule has 0 nitrogen and oxygen atoms in total. The molecule has 0 N–H and O–H groups in total. The van der Waals surface area contributed by atoms with Gasteiger partial charge in [-0.25, -0.2) is 0 Å². The fourth-order valence-electron chi connectivity index (χ4n) is 0.260. The van der Waals surface area contributed by atoms with Crippen LogP contribution in [0.2, 0.25) is 8.43 Å². The second kappa shape index (κ2) is 4.68. The van der Waals surface area contributed by atoms with E-state index in [2.05, 4.69) is 20.4 Å². The van der Waals surface area contributed by atoms with E-state index in [0.29, 0.717) is 20.9 Å². The van der Waals surface area contributed by atoms with Crippen LogP contribution >= 0.6 is 0 Å². The maximum absolute atomic E-state index is 3.67. The monoisotopic (exact) mass is 214 g/mol. The molecule has 0 aromatic rings. The standard InChI is InChI=1S/C6H12Te/c1-4-5-7-6(2)3/h4,6H,1,5H2,2-3H3. The Labute approximate surface area is 56.1 Å². The summed E-state index contributed by atoms with van der Waals surface area (Å²) in [5.41, 5.74) is 0. The Balaban J connectivity index is 2.81. The molecule has 0 saturated heterocycles. The second-order valence-electron chi connectivity index (χ2n) is 1.67. The van der Waals surface area contributed by atoms with Gasteiger partial charge in [0.1, 0.15) is 0 Å². The number of hydrogen-bond donors (Lipinski definition) is 0. The normalized spacial score (nSPS) is 9.57. The zero-order valence-electron chi connectivity index (χ0n) is 4.98. The molecule has 0 aromatic heterocycles. The van der Waals surface area contributed by atoms with E-state index < -0.39 is 0 Å². The zero-order valence-corrected chi connectivity index (χ0v) is 7.31. The van der Waals surface area contributed by atoms with Gasteiger partial charge in [-0.1, -0.05) is 0 Å². The molecule has 0 aliphatic rings. The number of hydrogen-bond acceptors (Lipinski definition) is 0. The van der Waals surface area contributed by atoms with E-state index in [4.69, 9.17) is 0 Å². The summed E-state index contributed by atoms with van der Waals surface area (Å²) < 4.78 is 2.26. The van der Waals surface area contributed by atoms with Gasteiger partial charge < -0.3 is 0 Å². The Kier molecular flexibility index (Phi) is 5.04. The van der Waals surface area contributed by atoms with Crippen LogP contribution in [0.4, 0.5) is 0 Å². The van der Waals surface area contributed by atoms with Gasteiger partial charge in [0.2, 0.25) is 0 Å². The first-order chi connectivity index (χ1) is 3.27. The maximum atomic E-state index is 3.67. The molecule has 0 aromatic carbocycles. The van der Waals surface area contributed by atoms with Gasteiger partial charge in [0.05, 0.1) is 0 Å². The Morgan fingerprint density at radius 1 is 1.71 bits per heavy atom. The van der Waals surface area contributed by atoms with Crippen LogP contribution in [0.15, 0.2) is 12.7 Å². The first-order valence-corrected chi connectivity index (χ1v) is 5.49. The third-order valence-electron chi connectivity index (χ3n) is 0.547. The van der Waals surface area contributed by atoms with Crippen molar-refractivity contribution < 1.29 is 0 Å². The quantitative estimate of drug-likeness (QED) is 0.496. The molecule has 0 unspecified atom stereocenters. The summed E-state index contributed by atoms with van der Waals surface area (Å²) in [5.74, 6) is 0. The molecular weight excluding hydrogens is 200 g/mol. The summed E-state index contributed by atoms with van der Waals surface area (Å²) in [6.45, 7) is 8.23. The summed E-state index contributed by atoms with van der Waals surface area (Å²) in [5, 5.41) is 0. The third-order valence-corrected chi connectivity index (χ3v) is 3.67. The fourth-order valence-corrected chi connectivity index (χ4v) is 1.75. The number of rotatable bonds is 3. The Morgan fingerprint density at radius 3 is 2.43 bits per heavy atom. The van der Waals surface area contributed by atoms with Crippen molar-refractivity contribution in [3.8, 4) is 0 Å². The van der Waals surface area contributed by atoms with E-state index in [1.807, 2.05) is 6.08 Å². The van der Waals surface area contributed by atoms with Crippen LogP contribution in [0.25, 0.3) is 0 Å². The Hall–Kier alpha value is 0.530. The van der Waals surface area contributed by atoms with Crippen molar-refractivity contribution >= 4 is 20.9 Å². The SMILES string of the molecule is C=CC[Te]C(C)C. The summed E-state index contributed by atoms with van der Waals surface area (Å²) in [4.78, 5) is 0. The molecule has 0 atom stereocenters. The molecule has 0 bridgehead atoms. The molecule has 0 spiro atoms. The van der Waals surface area contributed by atoms with Crippen LogP contribution < -0.4 is 0 Å². The molecule has 42 valence electrons. The van der Waals surface area contributed by atoms with Gasteiger partial charge >= 0.3 is 55.9 Å². The first kappa shape index (κ1) is 7.53. The van der Waals surface area contributed by atoms with Gasteiger partial charge in [-0.05, 0) is 0 Å². The second-order valence-corrected chi connectivity index (χ2v) is 6.26. The van der Waals surface area contributed by atoms with E-state index in [0.717, 1.165) is 3.97 Å². The van der Waals surface area contributed by atoms with E-state index in [1.165, 1.54) is 4.47 Å². The van der Waals surface area contributed by atoms with Crippen molar-refractivity contribution in [2.24, 2.45) is 0 Å². The van der Waals surface area contributed by atoms with Crippen LogP contribution in [-0.4, -0.2) is 20.9 Å². The van der Waals surface area contributed by atoms with Crippen LogP contribution in [0.3, 0.4) is 0 Å². The molecule has 0 aliphatic heterocycles. The molecule has 0 amide bonds. The van der Waals surface area contributed by atoms with Crippen molar-refractivity contribution in [2.75, 3.05) is 0 Å². The molecule has 7 heavy (non-hydrogen) atoms. The van der Waals surface area contributed by atoms with E-state index >= 15 is 0 Å². The third kappa shape index (κ3) is 6.53. The van der Waals surface area contributed by atoms with Gasteiger partial charge in [-0.2, -0.15) is 0 Å². The van der Waals surface area contributed by atoms with Gasteiger partial charge in [0.25, 0.3) is 0 Å². The van der Waals surface area contributed by atoms with Crippen molar-refractivity contribution in [1.29, 1.82) is 0 Å². The van der Waals surface area contributed by atoms with E-state index in [1.54, 1.807) is 0 Å².